The summed E-state index contributed by atoms with van der Waals surface area (Å²) in [4.78, 5) is 19.5. The van der Waals surface area contributed by atoms with E-state index in [0.717, 1.165) is 67.0 Å². The first-order valence-electron chi connectivity index (χ1n) is 25.3. The molecule has 0 fully saturated rings. The summed E-state index contributed by atoms with van der Waals surface area (Å²) in [5.41, 5.74) is 17.3. The molecular weight excluding hydrogens is 915 g/mol. The lowest BCUT2D eigenvalue weighted by atomic mass is 9.95. The van der Waals surface area contributed by atoms with Crippen LogP contribution in [-0.2, 0) is 0 Å². The van der Waals surface area contributed by atoms with E-state index >= 15 is 0 Å². The van der Waals surface area contributed by atoms with Gasteiger partial charge >= 0.3 is 0 Å². The molecule has 15 aromatic rings. The van der Waals surface area contributed by atoms with E-state index in [-0.39, 0.29) is 0 Å². The van der Waals surface area contributed by atoms with Gasteiger partial charge in [0, 0.05) is 84.0 Å². The van der Waals surface area contributed by atoms with Crippen molar-refractivity contribution in [3.05, 3.63) is 261 Å². The van der Waals surface area contributed by atoms with Crippen LogP contribution in [0.3, 0.4) is 0 Å². The number of fused-ring (bicyclic) bond motifs is 9. The summed E-state index contributed by atoms with van der Waals surface area (Å²) in [5, 5.41) is 7.34. The minimum absolute atomic E-state index is 0.620. The molecule has 0 unspecified atom stereocenters. The highest BCUT2D eigenvalue weighted by Crippen LogP contribution is 2.41. The zero-order chi connectivity index (χ0) is 49.4. The highest BCUT2D eigenvalue weighted by molar-refractivity contribution is 6.13. The van der Waals surface area contributed by atoms with Gasteiger partial charge in [-0.05, 0) is 83.4 Å². The lowest BCUT2D eigenvalue weighted by Gasteiger charge is -2.14. The molecule has 0 spiro atoms. The van der Waals surface area contributed by atoms with Gasteiger partial charge < -0.3 is 13.7 Å². The van der Waals surface area contributed by atoms with Gasteiger partial charge in [0.2, 0.25) is 0 Å². The Bertz CT molecular complexity index is 4350. The van der Waals surface area contributed by atoms with Crippen LogP contribution in [0.4, 0.5) is 0 Å². The van der Waals surface area contributed by atoms with Crippen LogP contribution in [0.5, 0.6) is 0 Å². The second kappa shape index (κ2) is 17.2. The molecular formula is C68H43N7. The molecule has 5 heterocycles. The monoisotopic (exact) mass is 957 g/mol. The van der Waals surface area contributed by atoms with Crippen molar-refractivity contribution in [1.29, 1.82) is 0 Å². The fraction of sp³-hybridized carbons (Fsp3) is 0. The number of rotatable bonds is 8. The number of hydrogen-bond donors (Lipinski definition) is 0. The van der Waals surface area contributed by atoms with Gasteiger partial charge in [0.15, 0.2) is 17.5 Å². The second-order valence-corrected chi connectivity index (χ2v) is 19.1. The van der Waals surface area contributed by atoms with E-state index in [1.54, 1.807) is 0 Å². The van der Waals surface area contributed by atoms with E-state index in [1.165, 1.54) is 54.4 Å². The summed E-state index contributed by atoms with van der Waals surface area (Å²) in [6.07, 6.45) is 3.84. The molecule has 350 valence electrons. The average molecular weight is 958 g/mol. The van der Waals surface area contributed by atoms with Gasteiger partial charge in [-0.2, -0.15) is 0 Å². The van der Waals surface area contributed by atoms with Crippen LogP contribution in [-0.4, -0.2) is 33.6 Å². The maximum absolute atomic E-state index is 4.98. The molecule has 10 aromatic carbocycles. The van der Waals surface area contributed by atoms with Crippen LogP contribution in [0.25, 0.3) is 139 Å². The normalized spacial score (nSPS) is 11.7. The largest absolute Gasteiger partial charge is 0.309 e. The first kappa shape index (κ1) is 42.4. The molecule has 0 saturated carbocycles. The molecule has 0 bridgehead atoms. The van der Waals surface area contributed by atoms with E-state index < -0.39 is 0 Å². The van der Waals surface area contributed by atoms with Gasteiger partial charge in [0.25, 0.3) is 0 Å². The Morgan fingerprint density at radius 2 is 0.573 bits per heavy atom. The van der Waals surface area contributed by atoms with Crippen LogP contribution < -0.4 is 0 Å². The number of aromatic nitrogens is 7. The maximum Gasteiger partial charge on any atom is 0.164 e. The minimum Gasteiger partial charge on any atom is -0.309 e. The van der Waals surface area contributed by atoms with Crippen LogP contribution in [0.15, 0.2) is 261 Å². The van der Waals surface area contributed by atoms with E-state index in [9.17, 15) is 0 Å². The maximum atomic E-state index is 4.98. The molecule has 15 rings (SSSR count). The third-order valence-corrected chi connectivity index (χ3v) is 14.8. The molecule has 0 aliphatic heterocycles. The Morgan fingerprint density at radius 1 is 0.240 bits per heavy atom. The summed E-state index contributed by atoms with van der Waals surface area (Å²) >= 11 is 0. The van der Waals surface area contributed by atoms with Crippen molar-refractivity contribution in [1.82, 2.24) is 33.6 Å². The summed E-state index contributed by atoms with van der Waals surface area (Å²) in [5.74, 6) is 1.89. The number of nitrogens with zero attached hydrogens (tertiary/aromatic N) is 7. The Labute approximate surface area is 431 Å². The van der Waals surface area contributed by atoms with E-state index in [0.29, 0.717) is 17.5 Å². The van der Waals surface area contributed by atoms with E-state index in [1.807, 2.05) is 73.1 Å². The SMILES string of the molecule is c1ccc(-c2nc(-c3ccccc3)nc(-c3ccc(-c4ccncc4-c4ccc(-n5c6cc(-n7c8ccccc8c8ccccc87)ccc6c6ccc(-n7c8ccccc8c8ccccc87)cc65)cc4)cc3)n2)cc1. The van der Waals surface area contributed by atoms with Crippen LogP contribution in [0, 0.1) is 0 Å². The average Bonchev–Trinajstić information content (AvgIpc) is 4.16. The van der Waals surface area contributed by atoms with Crippen molar-refractivity contribution >= 4 is 65.4 Å². The number of para-hydroxylation sites is 4. The summed E-state index contributed by atoms with van der Waals surface area (Å²) in [6.45, 7) is 0. The standard InChI is InChI=1S/C68H43N7/c1-3-15-46(16-4-1)66-70-67(47-17-5-2-6-18-47)72-68(71-66)48-29-27-44(28-30-48)52-39-40-69-43-59(52)45-31-33-49(34-32-45)73-64-41-50(74-60-23-11-7-19-53(60)54-20-8-12-24-61(54)74)35-37-57(64)58-38-36-51(42-65(58)73)75-62-25-13-9-21-55(62)56-22-10-14-26-63(56)75/h1-43H. The molecule has 75 heavy (non-hydrogen) atoms. The summed E-state index contributed by atoms with van der Waals surface area (Å²) in [7, 11) is 0. The van der Waals surface area contributed by atoms with Crippen molar-refractivity contribution in [3.63, 3.8) is 0 Å². The predicted octanol–water partition coefficient (Wildman–Crippen LogP) is 16.9. The number of hydrogen-bond acceptors (Lipinski definition) is 4. The van der Waals surface area contributed by atoms with Crippen molar-refractivity contribution in [3.8, 4) is 73.5 Å². The molecule has 0 aliphatic carbocycles. The molecule has 0 atom stereocenters. The number of pyridine rings is 1. The van der Waals surface area contributed by atoms with Crippen molar-refractivity contribution < 1.29 is 0 Å². The molecule has 0 N–H and O–H groups in total. The van der Waals surface area contributed by atoms with Crippen LogP contribution in [0.1, 0.15) is 0 Å². The molecule has 0 amide bonds. The molecule has 0 aliphatic rings. The van der Waals surface area contributed by atoms with E-state index in [4.69, 9.17) is 15.0 Å². The smallest absolute Gasteiger partial charge is 0.164 e. The molecule has 0 radical (unpaired) electrons. The Balaban J connectivity index is 0.858. The Hall–Kier alpha value is -10.2. The third kappa shape index (κ3) is 6.97. The van der Waals surface area contributed by atoms with Crippen molar-refractivity contribution in [2.24, 2.45) is 0 Å². The minimum atomic E-state index is 0.620. The van der Waals surface area contributed by atoms with Gasteiger partial charge in [-0.1, -0.05) is 182 Å². The van der Waals surface area contributed by atoms with Gasteiger partial charge in [-0.3, -0.25) is 4.98 Å². The highest BCUT2D eigenvalue weighted by atomic mass is 15.0. The molecule has 7 nitrogen and oxygen atoms in total. The van der Waals surface area contributed by atoms with E-state index in [2.05, 4.69) is 207 Å². The third-order valence-electron chi connectivity index (χ3n) is 14.8. The molecule has 5 aromatic heterocycles. The van der Waals surface area contributed by atoms with Gasteiger partial charge in [-0.25, -0.2) is 15.0 Å². The second-order valence-electron chi connectivity index (χ2n) is 19.1. The first-order chi connectivity index (χ1) is 37.2. The Kier molecular flexibility index (Phi) is 9.75. The van der Waals surface area contributed by atoms with Gasteiger partial charge in [0.1, 0.15) is 0 Å². The zero-order valence-electron chi connectivity index (χ0n) is 40.5. The quantitative estimate of drug-likeness (QED) is 0.152. The predicted molar refractivity (Wildman–Crippen MR) is 308 cm³/mol. The van der Waals surface area contributed by atoms with Crippen LogP contribution >= 0.6 is 0 Å². The van der Waals surface area contributed by atoms with Crippen molar-refractivity contribution in [2.75, 3.05) is 0 Å². The topological polar surface area (TPSA) is 66.3 Å². The van der Waals surface area contributed by atoms with Crippen LogP contribution in [0.2, 0.25) is 0 Å². The summed E-state index contributed by atoms with van der Waals surface area (Å²) in [6, 6.07) is 88.5. The zero-order valence-corrected chi connectivity index (χ0v) is 40.5. The van der Waals surface area contributed by atoms with Gasteiger partial charge in [-0.15, -0.1) is 0 Å². The molecule has 0 saturated heterocycles. The number of benzene rings is 10. The first-order valence-corrected chi connectivity index (χ1v) is 25.3. The fourth-order valence-electron chi connectivity index (χ4n) is 11.4. The van der Waals surface area contributed by atoms with Gasteiger partial charge in [0.05, 0.1) is 33.1 Å². The highest BCUT2D eigenvalue weighted by Gasteiger charge is 2.20. The molecule has 7 heteroatoms. The van der Waals surface area contributed by atoms with Crippen molar-refractivity contribution in [2.45, 2.75) is 0 Å². The fourth-order valence-corrected chi connectivity index (χ4v) is 11.4. The lowest BCUT2D eigenvalue weighted by Crippen LogP contribution is -2.00. The lowest BCUT2D eigenvalue weighted by molar-refractivity contribution is 1.07. The summed E-state index contributed by atoms with van der Waals surface area (Å²) < 4.78 is 7.26. The Morgan fingerprint density at radius 3 is 1.03 bits per heavy atom.